The third-order valence-electron chi connectivity index (χ3n) is 5.30. The molecule has 0 unspecified atom stereocenters. The van der Waals surface area contributed by atoms with Crippen LogP contribution in [-0.4, -0.2) is 40.4 Å². The maximum Gasteiger partial charge on any atom is 0.296 e. The Balaban J connectivity index is 1.78. The first-order valence-corrected chi connectivity index (χ1v) is 11.2. The number of hydrogen-bond donors (Lipinski definition) is 3. The molecular weight excluding hydrogens is 440 g/mol. The first-order chi connectivity index (χ1) is 16.9. The molecule has 0 spiro atoms. The van der Waals surface area contributed by atoms with Gasteiger partial charge in [0, 0.05) is 35.5 Å². The molecule has 0 bridgehead atoms. The highest BCUT2D eigenvalue weighted by molar-refractivity contribution is 6.22. The summed E-state index contributed by atoms with van der Waals surface area (Å²) in [5, 5.41) is 26.5. The average Bonchev–Trinajstić information content (AvgIpc) is 3.17. The number of rotatable bonds is 6. The number of hydrogen-bond acceptors (Lipinski definition) is 5. The van der Waals surface area contributed by atoms with E-state index in [0.29, 0.717) is 41.1 Å². The standard InChI is InChI=1S/C28H25N4O3/c1-3-29-25(33)16-12-19-11-15-23-24(17-19)31-28(34)26(23)27(21-7-5-4-6-8-21)30-22-13-9-20(10-14-22)18-32(2)35/h4-11,13-15,17,31,34H,3,18H2,1-2H3,(H,29,33)/q-1. The second-order valence-electron chi connectivity index (χ2n) is 8.00. The van der Waals surface area contributed by atoms with Crippen LogP contribution in [0.5, 0.6) is 5.88 Å². The SMILES string of the molecule is CCNC(=O)C#Cc1ccc2c(C(=Nc3ccc(CN(C)[O-])cc3)c3ccccc3)c(O)[nH]c2c1. The van der Waals surface area contributed by atoms with Crippen LogP contribution in [0.3, 0.4) is 0 Å². The average molecular weight is 466 g/mol. The molecule has 0 aliphatic rings. The van der Waals surface area contributed by atoms with Crippen molar-refractivity contribution >= 4 is 28.2 Å². The number of fused-ring (bicyclic) bond motifs is 1. The molecule has 4 aromatic rings. The quantitative estimate of drug-likeness (QED) is 0.222. The van der Waals surface area contributed by atoms with E-state index < -0.39 is 0 Å². The zero-order valence-corrected chi connectivity index (χ0v) is 19.5. The normalized spacial score (nSPS) is 11.4. The third kappa shape index (κ3) is 5.76. The minimum absolute atomic E-state index is 0.0129. The van der Waals surface area contributed by atoms with Gasteiger partial charge in [0.1, 0.15) is 0 Å². The number of aromatic hydroxyl groups is 1. The zero-order chi connectivity index (χ0) is 24.8. The molecule has 1 aromatic heterocycles. The summed E-state index contributed by atoms with van der Waals surface area (Å²) in [6.45, 7) is 2.64. The number of aliphatic imine (C=N–C) groups is 1. The summed E-state index contributed by atoms with van der Waals surface area (Å²) >= 11 is 0. The van der Waals surface area contributed by atoms with Crippen molar-refractivity contribution in [2.45, 2.75) is 13.5 Å². The predicted octanol–water partition coefficient (Wildman–Crippen LogP) is 4.46. The topological polar surface area (TPSA) is 104 Å². The highest BCUT2D eigenvalue weighted by atomic mass is 16.5. The molecule has 176 valence electrons. The first kappa shape index (κ1) is 23.8. The van der Waals surface area contributed by atoms with Gasteiger partial charge in [0.25, 0.3) is 5.91 Å². The molecule has 7 nitrogen and oxygen atoms in total. The van der Waals surface area contributed by atoms with E-state index in [4.69, 9.17) is 4.99 Å². The van der Waals surface area contributed by atoms with E-state index >= 15 is 0 Å². The van der Waals surface area contributed by atoms with Crippen LogP contribution in [0.1, 0.15) is 29.2 Å². The number of hydroxylamine groups is 2. The van der Waals surface area contributed by atoms with E-state index in [2.05, 4.69) is 22.1 Å². The van der Waals surface area contributed by atoms with Crippen LogP contribution in [0.15, 0.2) is 77.8 Å². The molecule has 3 aromatic carbocycles. The van der Waals surface area contributed by atoms with Crippen LogP contribution in [0, 0.1) is 17.0 Å². The maximum absolute atomic E-state index is 11.7. The fourth-order valence-electron chi connectivity index (χ4n) is 3.76. The van der Waals surface area contributed by atoms with Crippen molar-refractivity contribution in [3.05, 3.63) is 100 Å². The molecule has 0 aliphatic heterocycles. The van der Waals surface area contributed by atoms with Gasteiger partial charge >= 0.3 is 0 Å². The number of carbonyl (C=O) groups is 1. The molecule has 0 atom stereocenters. The Bertz CT molecular complexity index is 1430. The summed E-state index contributed by atoms with van der Waals surface area (Å²) in [6.07, 6.45) is 0. The number of aromatic nitrogens is 1. The second-order valence-corrected chi connectivity index (χ2v) is 8.00. The zero-order valence-electron chi connectivity index (χ0n) is 19.5. The number of amides is 1. The molecule has 35 heavy (non-hydrogen) atoms. The number of nitrogens with one attached hydrogen (secondary N) is 2. The number of H-pyrrole nitrogens is 1. The molecule has 0 aliphatic carbocycles. The van der Waals surface area contributed by atoms with E-state index in [1.54, 1.807) is 6.07 Å². The molecule has 0 fully saturated rings. The van der Waals surface area contributed by atoms with Crippen molar-refractivity contribution in [1.82, 2.24) is 15.4 Å². The van der Waals surface area contributed by atoms with E-state index in [1.807, 2.05) is 73.7 Å². The van der Waals surface area contributed by atoms with Crippen molar-refractivity contribution in [1.29, 1.82) is 0 Å². The van der Waals surface area contributed by atoms with E-state index in [-0.39, 0.29) is 11.8 Å². The number of aromatic amines is 1. The van der Waals surface area contributed by atoms with Crippen molar-refractivity contribution in [3.63, 3.8) is 0 Å². The molecule has 0 saturated carbocycles. The van der Waals surface area contributed by atoms with Gasteiger partial charge < -0.3 is 25.7 Å². The van der Waals surface area contributed by atoms with Gasteiger partial charge in [-0.25, -0.2) is 4.99 Å². The summed E-state index contributed by atoms with van der Waals surface area (Å²) < 4.78 is 0. The van der Waals surface area contributed by atoms with Gasteiger partial charge in [-0.15, -0.1) is 0 Å². The smallest absolute Gasteiger partial charge is 0.296 e. The highest BCUT2D eigenvalue weighted by Gasteiger charge is 2.18. The number of carbonyl (C=O) groups excluding carboxylic acids is 1. The fourth-order valence-corrected chi connectivity index (χ4v) is 3.76. The van der Waals surface area contributed by atoms with Gasteiger partial charge in [-0.05, 0) is 43.8 Å². The van der Waals surface area contributed by atoms with Crippen LogP contribution in [-0.2, 0) is 11.3 Å². The summed E-state index contributed by atoms with van der Waals surface area (Å²) in [6, 6.07) is 22.5. The minimum Gasteiger partial charge on any atom is -0.785 e. The molecule has 3 N–H and O–H groups in total. The van der Waals surface area contributed by atoms with Gasteiger partial charge in [-0.1, -0.05) is 54.5 Å². The van der Waals surface area contributed by atoms with Crippen molar-refractivity contribution in [3.8, 4) is 17.7 Å². The van der Waals surface area contributed by atoms with E-state index in [9.17, 15) is 15.1 Å². The molecule has 4 rings (SSSR count). The van der Waals surface area contributed by atoms with Gasteiger partial charge in [-0.2, -0.15) is 0 Å². The molecule has 7 heteroatoms. The maximum atomic E-state index is 11.7. The second kappa shape index (κ2) is 10.7. The van der Waals surface area contributed by atoms with Crippen LogP contribution < -0.4 is 5.32 Å². The Hall–Kier alpha value is -4.38. The monoisotopic (exact) mass is 465 g/mol. The fraction of sp³-hybridized carbons (Fsp3) is 0.143. The van der Waals surface area contributed by atoms with Crippen LogP contribution in [0.4, 0.5) is 5.69 Å². The Morgan fingerprint density at radius 2 is 1.86 bits per heavy atom. The van der Waals surface area contributed by atoms with Crippen LogP contribution >= 0.6 is 0 Å². The van der Waals surface area contributed by atoms with Crippen molar-refractivity contribution in [2.75, 3.05) is 13.6 Å². The van der Waals surface area contributed by atoms with Gasteiger partial charge in [-0.3, -0.25) is 4.79 Å². The summed E-state index contributed by atoms with van der Waals surface area (Å²) in [5.41, 5.74) is 4.92. The molecule has 1 amide bonds. The Morgan fingerprint density at radius 1 is 1.11 bits per heavy atom. The Kier molecular flexibility index (Phi) is 7.27. The summed E-state index contributed by atoms with van der Waals surface area (Å²) in [5.74, 6) is 5.06. The number of nitrogens with zero attached hydrogens (tertiary/aromatic N) is 2. The van der Waals surface area contributed by atoms with Gasteiger partial charge in [0.05, 0.1) is 22.5 Å². The molecule has 1 heterocycles. The largest absolute Gasteiger partial charge is 0.785 e. The third-order valence-corrected chi connectivity index (χ3v) is 5.30. The van der Waals surface area contributed by atoms with Crippen molar-refractivity contribution in [2.24, 2.45) is 4.99 Å². The molecule has 0 saturated heterocycles. The lowest BCUT2D eigenvalue weighted by atomic mass is 10.00. The minimum atomic E-state index is -0.339. The van der Waals surface area contributed by atoms with Gasteiger partial charge in [0.15, 0.2) is 5.88 Å². The molecular formula is C28H25N4O3-. The van der Waals surface area contributed by atoms with Gasteiger partial charge in [0.2, 0.25) is 0 Å². The van der Waals surface area contributed by atoms with E-state index in [0.717, 1.165) is 21.6 Å². The summed E-state index contributed by atoms with van der Waals surface area (Å²) in [7, 11) is 1.48. The Morgan fingerprint density at radius 3 is 2.54 bits per heavy atom. The lowest BCUT2D eigenvalue weighted by Gasteiger charge is -2.21. The Labute approximate surface area is 203 Å². The van der Waals surface area contributed by atoms with Crippen LogP contribution in [0.25, 0.3) is 10.9 Å². The summed E-state index contributed by atoms with van der Waals surface area (Å²) in [4.78, 5) is 19.5. The highest BCUT2D eigenvalue weighted by Crippen LogP contribution is 2.32. The molecule has 0 radical (unpaired) electrons. The predicted molar refractivity (Wildman–Crippen MR) is 139 cm³/mol. The lowest BCUT2D eigenvalue weighted by molar-refractivity contribution is -0.115. The van der Waals surface area contributed by atoms with Crippen molar-refractivity contribution < 1.29 is 9.90 Å². The van der Waals surface area contributed by atoms with E-state index in [1.165, 1.54) is 7.05 Å². The van der Waals surface area contributed by atoms with Crippen LogP contribution in [0.2, 0.25) is 0 Å². The lowest BCUT2D eigenvalue weighted by Crippen LogP contribution is -2.20. The first-order valence-electron chi connectivity index (χ1n) is 11.2. The number of benzene rings is 3.